The minimum atomic E-state index is -0.218. The van der Waals surface area contributed by atoms with Crippen LogP contribution >= 0.6 is 0 Å². The van der Waals surface area contributed by atoms with Crippen LogP contribution in [0.3, 0.4) is 0 Å². The van der Waals surface area contributed by atoms with E-state index in [2.05, 4.69) is 71.4 Å². The Balaban J connectivity index is 1.27. The first-order valence-electron chi connectivity index (χ1n) is 10.6. The van der Waals surface area contributed by atoms with Crippen LogP contribution in [0.4, 0.5) is 0 Å². The number of nitrogens with zero attached hydrogens (tertiary/aromatic N) is 1. The van der Waals surface area contributed by atoms with Gasteiger partial charge in [-0.3, -0.25) is 5.32 Å². The zero-order valence-corrected chi connectivity index (χ0v) is 17.1. The van der Waals surface area contributed by atoms with Crippen LogP contribution in [0, 0.1) is 0 Å². The molecule has 30 heavy (non-hydrogen) atoms. The van der Waals surface area contributed by atoms with E-state index in [1.54, 1.807) is 0 Å². The first-order valence-corrected chi connectivity index (χ1v) is 10.6. The molecule has 0 bridgehead atoms. The summed E-state index contributed by atoms with van der Waals surface area (Å²) in [4.78, 5) is 0. The van der Waals surface area contributed by atoms with Crippen molar-refractivity contribution in [1.29, 1.82) is 0 Å². The summed E-state index contributed by atoms with van der Waals surface area (Å²) < 4.78 is 6.12. The summed E-state index contributed by atoms with van der Waals surface area (Å²) in [5, 5.41) is 5.25. The number of hydrogen-bond donors (Lipinski definition) is 3. The van der Waals surface area contributed by atoms with Gasteiger partial charge in [-0.1, -0.05) is 60.7 Å². The molecule has 5 heteroatoms. The highest BCUT2D eigenvalue weighted by Gasteiger charge is 2.24. The maximum Gasteiger partial charge on any atom is 0.119 e. The second-order valence-electron chi connectivity index (χ2n) is 8.00. The average Bonchev–Trinajstić information content (AvgIpc) is 3.48. The molecule has 2 aliphatic rings. The molecular weight excluding hydrogens is 372 g/mol. The molecule has 0 saturated carbocycles. The molecule has 0 spiro atoms. The van der Waals surface area contributed by atoms with E-state index >= 15 is 0 Å². The van der Waals surface area contributed by atoms with Crippen LogP contribution in [0.1, 0.15) is 46.3 Å². The zero-order chi connectivity index (χ0) is 20.3. The number of nitrogens with one attached hydrogen (secondary N) is 2. The van der Waals surface area contributed by atoms with E-state index in [0.29, 0.717) is 12.5 Å². The van der Waals surface area contributed by atoms with Crippen molar-refractivity contribution in [3.63, 3.8) is 0 Å². The largest absolute Gasteiger partial charge is 0.489 e. The van der Waals surface area contributed by atoms with Gasteiger partial charge in [-0.25, -0.2) is 10.4 Å². The molecule has 4 N–H and O–H groups in total. The third kappa shape index (κ3) is 3.85. The van der Waals surface area contributed by atoms with Gasteiger partial charge < -0.3 is 10.5 Å². The molecule has 1 aliphatic carbocycles. The number of hydrazine groups is 1. The summed E-state index contributed by atoms with van der Waals surface area (Å²) in [5.41, 5.74) is 16.2. The van der Waals surface area contributed by atoms with Gasteiger partial charge >= 0.3 is 0 Å². The van der Waals surface area contributed by atoms with Crippen molar-refractivity contribution in [2.24, 2.45) is 5.73 Å². The lowest BCUT2D eigenvalue weighted by atomic mass is 9.93. The second-order valence-corrected chi connectivity index (χ2v) is 8.00. The molecule has 0 radical (unpaired) electrons. The lowest BCUT2D eigenvalue weighted by Gasteiger charge is -2.25. The average molecular weight is 401 g/mol. The Morgan fingerprint density at radius 3 is 2.63 bits per heavy atom. The van der Waals surface area contributed by atoms with Crippen LogP contribution in [0.5, 0.6) is 5.75 Å². The first kappa shape index (κ1) is 19.3. The summed E-state index contributed by atoms with van der Waals surface area (Å²) in [6.45, 7) is 1.96. The lowest BCUT2D eigenvalue weighted by molar-refractivity contribution is 0.175. The van der Waals surface area contributed by atoms with Crippen molar-refractivity contribution in [1.82, 2.24) is 15.8 Å². The number of benzene rings is 3. The molecule has 1 aliphatic heterocycles. The Hall–Kier alpha value is -2.70. The van der Waals surface area contributed by atoms with Gasteiger partial charge in [-0.15, -0.1) is 0 Å². The number of aryl methyl sites for hydroxylation is 1. The van der Waals surface area contributed by atoms with E-state index in [4.69, 9.17) is 10.5 Å². The maximum atomic E-state index is 6.47. The van der Waals surface area contributed by atoms with Gasteiger partial charge in [0, 0.05) is 5.92 Å². The Labute approximate surface area is 177 Å². The van der Waals surface area contributed by atoms with Crippen molar-refractivity contribution >= 4 is 0 Å². The predicted octanol–water partition coefficient (Wildman–Crippen LogP) is 3.63. The minimum Gasteiger partial charge on any atom is -0.489 e. The molecule has 2 atom stereocenters. The standard InChI is InChI=1S/C25H28N4O/c26-25(29-17-27-16-28-29)24-8-4-2-6-20(24)15-30-21-12-9-19(10-13-21)23-14-11-18-5-1-3-7-22(18)23/h1-10,12-13,23,25,27-28H,11,14-17,26H2. The van der Waals surface area contributed by atoms with Crippen LogP contribution in [-0.2, 0) is 13.0 Å². The molecule has 0 amide bonds. The second kappa shape index (κ2) is 8.58. The highest BCUT2D eigenvalue weighted by molar-refractivity contribution is 5.43. The van der Waals surface area contributed by atoms with E-state index in [0.717, 1.165) is 36.6 Å². The highest BCUT2D eigenvalue weighted by atomic mass is 16.5. The van der Waals surface area contributed by atoms with Crippen molar-refractivity contribution in [3.05, 3.63) is 101 Å². The van der Waals surface area contributed by atoms with E-state index in [1.807, 2.05) is 17.1 Å². The number of ether oxygens (including phenoxy) is 1. The number of rotatable bonds is 6. The van der Waals surface area contributed by atoms with E-state index in [-0.39, 0.29) is 6.17 Å². The molecule has 2 unspecified atom stereocenters. The molecule has 3 aromatic carbocycles. The van der Waals surface area contributed by atoms with Crippen molar-refractivity contribution in [2.75, 3.05) is 13.3 Å². The molecule has 1 saturated heterocycles. The Morgan fingerprint density at radius 1 is 1.00 bits per heavy atom. The van der Waals surface area contributed by atoms with Gasteiger partial charge in [-0.2, -0.15) is 0 Å². The van der Waals surface area contributed by atoms with E-state index in [1.165, 1.54) is 23.1 Å². The summed E-state index contributed by atoms with van der Waals surface area (Å²) in [7, 11) is 0. The monoisotopic (exact) mass is 400 g/mol. The zero-order valence-electron chi connectivity index (χ0n) is 17.1. The van der Waals surface area contributed by atoms with Crippen molar-refractivity contribution < 1.29 is 4.74 Å². The van der Waals surface area contributed by atoms with Crippen LogP contribution in [0.25, 0.3) is 0 Å². The molecule has 5 rings (SSSR count). The fourth-order valence-corrected chi connectivity index (χ4v) is 4.57. The van der Waals surface area contributed by atoms with E-state index in [9.17, 15) is 0 Å². The lowest BCUT2D eigenvalue weighted by Crippen LogP contribution is -2.40. The summed E-state index contributed by atoms with van der Waals surface area (Å²) in [6.07, 6.45) is 2.13. The van der Waals surface area contributed by atoms with E-state index < -0.39 is 0 Å². The third-order valence-electron chi connectivity index (χ3n) is 6.21. The fourth-order valence-electron chi connectivity index (χ4n) is 4.57. The summed E-state index contributed by atoms with van der Waals surface area (Å²) >= 11 is 0. The van der Waals surface area contributed by atoms with Crippen molar-refractivity contribution in [2.45, 2.75) is 31.5 Å². The molecule has 1 fully saturated rings. The Bertz CT molecular complexity index is 998. The molecule has 154 valence electrons. The molecule has 1 heterocycles. The van der Waals surface area contributed by atoms with Gasteiger partial charge in [0.25, 0.3) is 0 Å². The summed E-state index contributed by atoms with van der Waals surface area (Å²) in [5.74, 6) is 1.38. The van der Waals surface area contributed by atoms with Crippen LogP contribution in [0.15, 0.2) is 72.8 Å². The quantitative estimate of drug-likeness (QED) is 0.590. The van der Waals surface area contributed by atoms with Crippen LogP contribution in [0.2, 0.25) is 0 Å². The number of hydrogen-bond acceptors (Lipinski definition) is 5. The third-order valence-corrected chi connectivity index (χ3v) is 6.21. The van der Waals surface area contributed by atoms with Crippen LogP contribution in [-0.4, -0.2) is 18.3 Å². The van der Waals surface area contributed by atoms with Gasteiger partial charge in [0.05, 0.1) is 19.5 Å². The van der Waals surface area contributed by atoms with Crippen molar-refractivity contribution in [3.8, 4) is 5.75 Å². The topological polar surface area (TPSA) is 62.6 Å². The molecular formula is C25H28N4O. The Kier molecular flexibility index (Phi) is 5.51. The normalized spacial score (nSPS) is 19.6. The molecule has 0 aromatic heterocycles. The summed E-state index contributed by atoms with van der Waals surface area (Å²) in [6, 6.07) is 25.6. The maximum absolute atomic E-state index is 6.47. The molecule has 3 aromatic rings. The van der Waals surface area contributed by atoms with Gasteiger partial charge in [0.15, 0.2) is 0 Å². The SMILES string of the molecule is NC(c1ccccc1COc1ccc(C2CCc3ccccc32)cc1)N1CNCN1. The minimum absolute atomic E-state index is 0.218. The Morgan fingerprint density at radius 2 is 1.80 bits per heavy atom. The van der Waals surface area contributed by atoms with Gasteiger partial charge in [-0.05, 0) is 52.8 Å². The molecule has 5 nitrogen and oxygen atoms in total. The van der Waals surface area contributed by atoms with Gasteiger partial charge in [0.1, 0.15) is 12.4 Å². The predicted molar refractivity (Wildman–Crippen MR) is 119 cm³/mol. The highest BCUT2D eigenvalue weighted by Crippen LogP contribution is 2.38. The smallest absolute Gasteiger partial charge is 0.119 e. The fraction of sp³-hybridized carbons (Fsp3) is 0.280. The van der Waals surface area contributed by atoms with Gasteiger partial charge in [0.2, 0.25) is 0 Å². The van der Waals surface area contributed by atoms with Crippen LogP contribution < -0.4 is 21.2 Å². The number of fused-ring (bicyclic) bond motifs is 1. The first-order chi connectivity index (χ1) is 14.8. The number of nitrogens with two attached hydrogens (primary N) is 1.